The van der Waals surface area contributed by atoms with Crippen molar-refractivity contribution in [3.8, 4) is 21.7 Å². The van der Waals surface area contributed by atoms with Crippen molar-refractivity contribution < 1.29 is 21.5 Å². The molecule has 0 saturated carbocycles. The Labute approximate surface area is 271 Å². The van der Waals surface area contributed by atoms with Gasteiger partial charge in [0.15, 0.2) is 0 Å². The SMILES string of the molecule is CCN1C=CC(=CC=c2s/c(=C\c3sc(-c4ccccc4)c(-c4ccccc4)[n+]3CC)n(CC)c2=O)c2ccccc21.[Br-]. The molecular formula is C36H34BrN3OS2. The Balaban J connectivity index is 0.00000368. The van der Waals surface area contributed by atoms with Gasteiger partial charge in [0.25, 0.3) is 10.6 Å². The molecule has 0 unspecified atom stereocenters. The first-order valence-electron chi connectivity index (χ1n) is 14.5. The molecule has 0 fully saturated rings. The van der Waals surface area contributed by atoms with Crippen LogP contribution >= 0.6 is 22.7 Å². The standard InChI is InChI=1S/C36H34N3OS2.BrH/c1-4-37-24-23-26(29-19-13-14-20-30(29)37)21-22-31-36(40)39(6-3)33(41-31)25-32-38(5-2)34(27-15-9-7-10-16-27)35(42-32)28-17-11-8-12-18-28;/h7-25H,4-6H2,1-3H3;1H/q+1;/p-1. The predicted octanol–water partition coefficient (Wildman–Crippen LogP) is 3.68. The molecule has 0 spiro atoms. The number of thiazole rings is 2. The number of allylic oxidation sites excluding steroid dienone is 3. The monoisotopic (exact) mass is 667 g/mol. The van der Waals surface area contributed by atoms with E-state index in [0.717, 1.165) is 32.9 Å². The molecule has 0 bridgehead atoms. The van der Waals surface area contributed by atoms with Crippen LogP contribution in [-0.2, 0) is 13.1 Å². The van der Waals surface area contributed by atoms with E-state index in [1.807, 2.05) is 17.6 Å². The molecule has 0 saturated heterocycles. The molecule has 6 rings (SSSR count). The molecule has 1 aliphatic rings. The van der Waals surface area contributed by atoms with Gasteiger partial charge in [0.1, 0.15) is 16.1 Å². The number of anilines is 1. The van der Waals surface area contributed by atoms with Crippen LogP contribution in [0.5, 0.6) is 0 Å². The van der Waals surface area contributed by atoms with E-state index in [1.54, 1.807) is 22.7 Å². The molecule has 218 valence electrons. The van der Waals surface area contributed by atoms with Crippen LogP contribution in [0, 0.1) is 0 Å². The normalized spacial score (nSPS) is 14.3. The summed E-state index contributed by atoms with van der Waals surface area (Å²) in [6, 6.07) is 29.6. The Morgan fingerprint density at radius 3 is 2.14 bits per heavy atom. The van der Waals surface area contributed by atoms with E-state index in [4.69, 9.17) is 0 Å². The second-order valence-electron chi connectivity index (χ2n) is 10.0. The van der Waals surface area contributed by atoms with Gasteiger partial charge in [0, 0.05) is 36.1 Å². The van der Waals surface area contributed by atoms with Crippen LogP contribution in [0.1, 0.15) is 31.3 Å². The van der Waals surface area contributed by atoms with E-state index in [-0.39, 0.29) is 22.5 Å². The smallest absolute Gasteiger partial charge is 0.269 e. The largest absolute Gasteiger partial charge is 1.00 e. The van der Waals surface area contributed by atoms with Crippen LogP contribution in [0.2, 0.25) is 0 Å². The fourth-order valence-electron chi connectivity index (χ4n) is 5.49. The van der Waals surface area contributed by atoms with Crippen LogP contribution < -0.4 is 41.2 Å². The summed E-state index contributed by atoms with van der Waals surface area (Å²) in [7, 11) is 0. The van der Waals surface area contributed by atoms with Crippen LogP contribution in [0.15, 0.2) is 108 Å². The van der Waals surface area contributed by atoms with Crippen molar-refractivity contribution in [1.82, 2.24) is 4.57 Å². The number of hydrogen-bond donors (Lipinski definition) is 0. The maximum atomic E-state index is 13.6. The molecule has 0 atom stereocenters. The summed E-state index contributed by atoms with van der Waals surface area (Å²) in [6.45, 7) is 8.74. The molecule has 7 heteroatoms. The minimum Gasteiger partial charge on any atom is -1.00 e. The van der Waals surface area contributed by atoms with Gasteiger partial charge in [-0.3, -0.25) is 9.36 Å². The topological polar surface area (TPSA) is 29.1 Å². The summed E-state index contributed by atoms with van der Waals surface area (Å²) in [6.07, 6.45) is 10.5. The summed E-state index contributed by atoms with van der Waals surface area (Å²) in [5.41, 5.74) is 7.14. The van der Waals surface area contributed by atoms with Crippen LogP contribution in [-0.4, -0.2) is 11.1 Å². The molecule has 0 N–H and O–H groups in total. The van der Waals surface area contributed by atoms with Gasteiger partial charge < -0.3 is 21.9 Å². The maximum absolute atomic E-state index is 13.6. The minimum atomic E-state index is 0. The lowest BCUT2D eigenvalue weighted by Crippen LogP contribution is -3.00. The Morgan fingerprint density at radius 1 is 0.791 bits per heavy atom. The van der Waals surface area contributed by atoms with Gasteiger partial charge in [-0.25, -0.2) is 0 Å². The zero-order valence-electron chi connectivity index (χ0n) is 24.5. The van der Waals surface area contributed by atoms with E-state index in [0.29, 0.717) is 6.54 Å². The summed E-state index contributed by atoms with van der Waals surface area (Å²) < 4.78 is 5.97. The summed E-state index contributed by atoms with van der Waals surface area (Å²) in [5, 5.41) is 1.13. The van der Waals surface area contributed by atoms with Gasteiger partial charge in [-0.15, -0.1) is 11.3 Å². The lowest BCUT2D eigenvalue weighted by Gasteiger charge is -2.26. The molecule has 0 radical (unpaired) electrons. The molecule has 5 aromatic rings. The second kappa shape index (κ2) is 13.7. The van der Waals surface area contributed by atoms with Crippen molar-refractivity contribution in [2.75, 3.05) is 11.4 Å². The first-order chi connectivity index (χ1) is 20.6. The van der Waals surface area contributed by atoms with Crippen molar-refractivity contribution >= 4 is 46.1 Å². The molecule has 1 aliphatic heterocycles. The third-order valence-electron chi connectivity index (χ3n) is 7.57. The van der Waals surface area contributed by atoms with Crippen LogP contribution in [0.3, 0.4) is 0 Å². The van der Waals surface area contributed by atoms with E-state index >= 15 is 0 Å². The molecular weight excluding hydrogens is 634 g/mol. The number of benzene rings is 3. The van der Waals surface area contributed by atoms with Gasteiger partial charge in [0.05, 0.1) is 10.6 Å². The fourth-order valence-corrected chi connectivity index (χ4v) is 7.90. The van der Waals surface area contributed by atoms with E-state index in [2.05, 4.69) is 133 Å². The first-order valence-corrected chi connectivity index (χ1v) is 16.1. The number of hydrogen-bond acceptors (Lipinski definition) is 4. The fraction of sp³-hybridized carbons (Fsp3) is 0.167. The van der Waals surface area contributed by atoms with Crippen molar-refractivity contribution in [2.24, 2.45) is 0 Å². The lowest BCUT2D eigenvalue weighted by atomic mass is 9.99. The van der Waals surface area contributed by atoms with Crippen molar-refractivity contribution in [1.29, 1.82) is 0 Å². The van der Waals surface area contributed by atoms with Gasteiger partial charge in [-0.2, -0.15) is 4.57 Å². The Kier molecular flexibility index (Phi) is 9.76. The van der Waals surface area contributed by atoms with Gasteiger partial charge in [0.2, 0.25) is 5.69 Å². The molecule has 43 heavy (non-hydrogen) atoms. The highest BCUT2D eigenvalue weighted by Gasteiger charge is 2.27. The van der Waals surface area contributed by atoms with Gasteiger partial charge >= 0.3 is 0 Å². The minimum absolute atomic E-state index is 0. The van der Waals surface area contributed by atoms with Crippen molar-refractivity contribution in [2.45, 2.75) is 33.9 Å². The zero-order valence-corrected chi connectivity index (χ0v) is 27.8. The summed E-state index contributed by atoms with van der Waals surface area (Å²) >= 11 is 3.34. The number of fused-ring (bicyclic) bond motifs is 1. The van der Waals surface area contributed by atoms with Crippen molar-refractivity contribution in [3.63, 3.8) is 0 Å². The Bertz CT molecular complexity index is 1970. The van der Waals surface area contributed by atoms with Gasteiger partial charge in [-0.05, 0) is 62.3 Å². The van der Waals surface area contributed by atoms with Crippen LogP contribution in [0.4, 0.5) is 5.69 Å². The molecule has 0 aliphatic carbocycles. The van der Waals surface area contributed by atoms with E-state index in [9.17, 15) is 4.79 Å². The maximum Gasteiger partial charge on any atom is 0.269 e. The van der Waals surface area contributed by atoms with Gasteiger partial charge in [-0.1, -0.05) is 84.1 Å². The second-order valence-corrected chi connectivity index (χ2v) is 12.1. The number of rotatable bonds is 7. The first kappa shape index (κ1) is 30.7. The highest BCUT2D eigenvalue weighted by atomic mass is 79.9. The number of para-hydroxylation sites is 1. The van der Waals surface area contributed by atoms with E-state index in [1.165, 1.54) is 32.9 Å². The lowest BCUT2D eigenvalue weighted by molar-refractivity contribution is -0.679. The molecule has 0 amide bonds. The van der Waals surface area contributed by atoms with Crippen LogP contribution in [0.25, 0.3) is 39.4 Å². The third kappa shape index (κ3) is 6.03. The summed E-state index contributed by atoms with van der Waals surface area (Å²) in [4.78, 5) is 17.0. The average Bonchev–Trinajstić information content (AvgIpc) is 3.56. The molecule has 3 aromatic carbocycles. The Hall–Kier alpha value is -3.78. The quantitative estimate of drug-likeness (QED) is 0.248. The summed E-state index contributed by atoms with van der Waals surface area (Å²) in [5.74, 6) is 0. The number of halogens is 1. The van der Waals surface area contributed by atoms with E-state index < -0.39 is 0 Å². The molecule has 3 heterocycles. The zero-order chi connectivity index (χ0) is 29.1. The highest BCUT2D eigenvalue weighted by Crippen LogP contribution is 2.36. The number of nitrogens with zero attached hydrogens (tertiary/aromatic N) is 3. The number of aromatic nitrogens is 2. The van der Waals surface area contributed by atoms with Crippen molar-refractivity contribution in [3.05, 3.63) is 133 Å². The molecule has 2 aromatic heterocycles. The third-order valence-corrected chi connectivity index (χ3v) is 9.83. The molecule has 4 nitrogen and oxygen atoms in total. The Morgan fingerprint density at radius 2 is 1.47 bits per heavy atom. The highest BCUT2D eigenvalue weighted by molar-refractivity contribution is 7.16. The average molecular weight is 669 g/mol. The predicted molar refractivity (Wildman–Crippen MR) is 179 cm³/mol.